The summed E-state index contributed by atoms with van der Waals surface area (Å²) in [6, 6.07) is 5.95. The lowest BCUT2D eigenvalue weighted by atomic mass is 10.2. The Bertz CT molecular complexity index is 688. The molecule has 8 heteroatoms. The number of aromatic nitrogens is 3. The second-order valence-corrected chi connectivity index (χ2v) is 6.89. The van der Waals surface area contributed by atoms with E-state index < -0.39 is 0 Å². The van der Waals surface area contributed by atoms with Crippen molar-refractivity contribution in [3.63, 3.8) is 0 Å². The first-order chi connectivity index (χ1) is 10.9. The first kappa shape index (κ1) is 17.3. The zero-order valence-electron chi connectivity index (χ0n) is 13.3. The van der Waals surface area contributed by atoms with Crippen molar-refractivity contribution in [2.45, 2.75) is 31.2 Å². The van der Waals surface area contributed by atoms with Crippen molar-refractivity contribution in [2.24, 2.45) is 5.92 Å². The van der Waals surface area contributed by atoms with E-state index in [1.54, 1.807) is 19.1 Å². The Hall–Kier alpha value is -2.09. The monoisotopic (exact) mass is 337 g/mol. The number of thioether (sulfide) groups is 1. The molecule has 0 saturated heterocycles. The molecular weight excluding hydrogens is 317 g/mol. The summed E-state index contributed by atoms with van der Waals surface area (Å²) in [4.78, 5) is 12.0. The third-order valence-corrected chi connectivity index (χ3v) is 4.14. The minimum Gasteiger partial charge on any atom is -0.355 e. The standard InChI is InChI=1S/C15H20FN5OS/c1-9(2)8-18-14(22)10(3)23-15-20-19-13(21(15)17)11-5-4-6-12(16)7-11/h4-7,9-10H,8,17H2,1-3H3,(H,18,22)/t10-/m1/s1. The first-order valence-corrected chi connectivity index (χ1v) is 8.17. The molecular formula is C15H20FN5OS. The summed E-state index contributed by atoms with van der Waals surface area (Å²) in [6.07, 6.45) is 0. The molecule has 2 rings (SSSR count). The van der Waals surface area contributed by atoms with Crippen LogP contribution in [0.25, 0.3) is 11.4 Å². The van der Waals surface area contributed by atoms with Crippen LogP contribution in [-0.4, -0.2) is 32.6 Å². The van der Waals surface area contributed by atoms with Crippen LogP contribution in [0.2, 0.25) is 0 Å². The maximum absolute atomic E-state index is 13.3. The summed E-state index contributed by atoms with van der Waals surface area (Å²) in [7, 11) is 0. The number of benzene rings is 1. The van der Waals surface area contributed by atoms with E-state index in [-0.39, 0.29) is 17.0 Å². The quantitative estimate of drug-likeness (QED) is 0.622. The number of amides is 1. The van der Waals surface area contributed by atoms with Crippen LogP contribution in [0.4, 0.5) is 4.39 Å². The van der Waals surface area contributed by atoms with E-state index in [1.165, 1.54) is 28.6 Å². The van der Waals surface area contributed by atoms with E-state index in [0.717, 1.165) is 0 Å². The van der Waals surface area contributed by atoms with Crippen molar-refractivity contribution in [1.82, 2.24) is 20.2 Å². The zero-order chi connectivity index (χ0) is 17.0. The fourth-order valence-corrected chi connectivity index (χ4v) is 2.64. The molecule has 0 aliphatic heterocycles. The van der Waals surface area contributed by atoms with Gasteiger partial charge in [-0.25, -0.2) is 9.07 Å². The number of hydrogen-bond donors (Lipinski definition) is 2. The molecule has 1 atom stereocenters. The van der Waals surface area contributed by atoms with E-state index in [9.17, 15) is 9.18 Å². The van der Waals surface area contributed by atoms with Gasteiger partial charge in [0.25, 0.3) is 0 Å². The molecule has 0 spiro atoms. The summed E-state index contributed by atoms with van der Waals surface area (Å²) in [6.45, 7) is 6.45. The van der Waals surface area contributed by atoms with Gasteiger partial charge in [-0.1, -0.05) is 37.7 Å². The molecule has 2 aromatic rings. The van der Waals surface area contributed by atoms with Gasteiger partial charge in [0.05, 0.1) is 5.25 Å². The van der Waals surface area contributed by atoms with Crippen LogP contribution in [-0.2, 0) is 4.79 Å². The molecule has 124 valence electrons. The van der Waals surface area contributed by atoms with Crippen LogP contribution in [0.3, 0.4) is 0 Å². The van der Waals surface area contributed by atoms with Gasteiger partial charge in [0.1, 0.15) is 5.82 Å². The Morgan fingerprint density at radius 3 is 2.78 bits per heavy atom. The normalized spacial score (nSPS) is 12.4. The van der Waals surface area contributed by atoms with Crippen LogP contribution in [0, 0.1) is 11.7 Å². The number of nitrogens with zero attached hydrogens (tertiary/aromatic N) is 3. The van der Waals surface area contributed by atoms with Gasteiger partial charge >= 0.3 is 0 Å². The van der Waals surface area contributed by atoms with Gasteiger partial charge in [-0.2, -0.15) is 0 Å². The molecule has 0 bridgehead atoms. The summed E-state index contributed by atoms with van der Waals surface area (Å²) in [5.41, 5.74) is 0.531. The van der Waals surface area contributed by atoms with Crippen LogP contribution in [0.15, 0.2) is 29.4 Å². The second-order valence-electron chi connectivity index (χ2n) is 5.59. The Morgan fingerprint density at radius 1 is 1.39 bits per heavy atom. The zero-order valence-corrected chi connectivity index (χ0v) is 14.1. The molecule has 0 aliphatic rings. The number of nitrogens with one attached hydrogen (secondary N) is 1. The molecule has 0 aliphatic carbocycles. The number of halogens is 1. The Balaban J connectivity index is 2.09. The van der Waals surface area contributed by atoms with Gasteiger partial charge in [0.15, 0.2) is 5.82 Å². The molecule has 0 unspecified atom stereocenters. The Kier molecular flexibility index (Phi) is 5.59. The third kappa shape index (κ3) is 4.44. The lowest BCUT2D eigenvalue weighted by molar-refractivity contribution is -0.120. The van der Waals surface area contributed by atoms with Crippen LogP contribution in [0.5, 0.6) is 0 Å². The lowest BCUT2D eigenvalue weighted by Gasteiger charge is -2.12. The Labute approximate surface area is 138 Å². The minimum absolute atomic E-state index is 0.0843. The fraction of sp³-hybridized carbons (Fsp3) is 0.400. The smallest absolute Gasteiger partial charge is 0.233 e. The minimum atomic E-state index is -0.374. The SMILES string of the molecule is CC(C)CNC(=O)[C@@H](C)Sc1nnc(-c2cccc(F)c2)n1N. The molecule has 1 amide bonds. The average molecular weight is 337 g/mol. The van der Waals surface area contributed by atoms with Crippen molar-refractivity contribution in [2.75, 3.05) is 12.4 Å². The maximum atomic E-state index is 13.3. The highest BCUT2D eigenvalue weighted by atomic mass is 32.2. The van der Waals surface area contributed by atoms with Gasteiger partial charge in [0.2, 0.25) is 11.1 Å². The molecule has 0 radical (unpaired) electrons. The lowest BCUT2D eigenvalue weighted by Crippen LogP contribution is -2.33. The number of rotatable bonds is 6. The number of nitrogen functional groups attached to an aromatic ring is 1. The molecule has 1 heterocycles. The van der Waals surface area contributed by atoms with Gasteiger partial charge in [0, 0.05) is 12.1 Å². The van der Waals surface area contributed by atoms with Crippen molar-refractivity contribution < 1.29 is 9.18 Å². The topological polar surface area (TPSA) is 85.8 Å². The summed E-state index contributed by atoms with van der Waals surface area (Å²) in [5, 5.41) is 10.9. The van der Waals surface area contributed by atoms with Gasteiger partial charge in [-0.15, -0.1) is 10.2 Å². The van der Waals surface area contributed by atoms with Crippen LogP contribution >= 0.6 is 11.8 Å². The maximum Gasteiger partial charge on any atom is 0.233 e. The highest BCUT2D eigenvalue weighted by Crippen LogP contribution is 2.25. The highest BCUT2D eigenvalue weighted by molar-refractivity contribution is 8.00. The average Bonchev–Trinajstić information content (AvgIpc) is 2.85. The molecule has 3 N–H and O–H groups in total. The van der Waals surface area contributed by atoms with E-state index in [4.69, 9.17) is 5.84 Å². The predicted molar refractivity (Wildman–Crippen MR) is 88.7 cm³/mol. The van der Waals surface area contributed by atoms with Crippen molar-refractivity contribution in [3.8, 4) is 11.4 Å². The van der Waals surface area contributed by atoms with E-state index >= 15 is 0 Å². The van der Waals surface area contributed by atoms with E-state index in [0.29, 0.717) is 29.0 Å². The van der Waals surface area contributed by atoms with E-state index in [1.807, 2.05) is 13.8 Å². The fourth-order valence-electron chi connectivity index (χ4n) is 1.84. The third-order valence-electron chi connectivity index (χ3n) is 3.08. The molecule has 1 aromatic carbocycles. The van der Waals surface area contributed by atoms with E-state index in [2.05, 4.69) is 15.5 Å². The van der Waals surface area contributed by atoms with Crippen molar-refractivity contribution >= 4 is 17.7 Å². The number of hydrogen-bond acceptors (Lipinski definition) is 5. The molecule has 0 fully saturated rings. The Morgan fingerprint density at radius 2 is 2.13 bits per heavy atom. The first-order valence-electron chi connectivity index (χ1n) is 7.29. The van der Waals surface area contributed by atoms with Crippen molar-refractivity contribution in [1.29, 1.82) is 0 Å². The van der Waals surface area contributed by atoms with Crippen LogP contribution < -0.4 is 11.2 Å². The van der Waals surface area contributed by atoms with Crippen molar-refractivity contribution in [3.05, 3.63) is 30.1 Å². The number of carbonyl (C=O) groups excluding carboxylic acids is 1. The number of carbonyl (C=O) groups is 1. The number of nitrogens with two attached hydrogens (primary N) is 1. The molecule has 1 aromatic heterocycles. The highest BCUT2D eigenvalue weighted by Gasteiger charge is 2.20. The predicted octanol–water partition coefficient (Wildman–Crippen LogP) is 2.05. The largest absolute Gasteiger partial charge is 0.355 e. The second kappa shape index (κ2) is 7.45. The van der Waals surface area contributed by atoms with Crippen LogP contribution in [0.1, 0.15) is 20.8 Å². The van der Waals surface area contributed by atoms with Gasteiger partial charge < -0.3 is 11.2 Å². The molecule has 0 saturated carbocycles. The van der Waals surface area contributed by atoms with Gasteiger partial charge in [-0.05, 0) is 25.0 Å². The summed E-state index contributed by atoms with van der Waals surface area (Å²) in [5.74, 6) is 6.25. The summed E-state index contributed by atoms with van der Waals surface area (Å²) < 4.78 is 14.6. The molecule has 23 heavy (non-hydrogen) atoms. The summed E-state index contributed by atoms with van der Waals surface area (Å²) >= 11 is 1.21. The molecule has 6 nitrogen and oxygen atoms in total. The van der Waals surface area contributed by atoms with Gasteiger partial charge in [-0.3, -0.25) is 4.79 Å².